The number of nitrogens with zero attached hydrogens (tertiary/aromatic N) is 2. The number of hydrogen-bond donors (Lipinski definition) is 0. The van der Waals surface area contributed by atoms with Gasteiger partial charge < -0.3 is 9.64 Å². The highest BCUT2D eigenvalue weighted by Gasteiger charge is 2.20. The molecular formula is C23H27BrN2O2. The third kappa shape index (κ3) is 5.94. The summed E-state index contributed by atoms with van der Waals surface area (Å²) in [5.74, 6) is 1.05. The topological polar surface area (TPSA) is 32.8 Å². The number of rotatable bonds is 7. The number of halogens is 1. The SMILES string of the molecule is COc1ccc(CCC(=O)N2CCN(C/C=C/c3ccccc3)CC2)cc1Br. The fraction of sp³-hybridized carbons (Fsp3) is 0.348. The molecule has 1 fully saturated rings. The molecule has 0 spiro atoms. The molecule has 2 aromatic carbocycles. The molecule has 1 saturated heterocycles. The minimum atomic E-state index is 0.242. The van der Waals surface area contributed by atoms with Crippen LogP contribution in [0.5, 0.6) is 5.75 Å². The zero-order valence-electron chi connectivity index (χ0n) is 16.3. The molecule has 5 heteroatoms. The molecule has 1 aliphatic rings. The Balaban J connectivity index is 1.40. The molecule has 1 heterocycles. The van der Waals surface area contributed by atoms with Crippen molar-refractivity contribution in [2.45, 2.75) is 12.8 Å². The van der Waals surface area contributed by atoms with Gasteiger partial charge in [0.25, 0.3) is 0 Å². The van der Waals surface area contributed by atoms with Gasteiger partial charge in [-0.3, -0.25) is 9.69 Å². The second-order valence-corrected chi connectivity index (χ2v) is 7.82. The maximum Gasteiger partial charge on any atom is 0.222 e. The summed E-state index contributed by atoms with van der Waals surface area (Å²) in [4.78, 5) is 16.9. The summed E-state index contributed by atoms with van der Waals surface area (Å²) in [7, 11) is 1.65. The van der Waals surface area contributed by atoms with Crippen LogP contribution in [0.15, 0.2) is 59.1 Å². The van der Waals surface area contributed by atoms with E-state index in [-0.39, 0.29) is 5.91 Å². The van der Waals surface area contributed by atoms with Gasteiger partial charge in [0.2, 0.25) is 5.91 Å². The first-order chi connectivity index (χ1) is 13.7. The monoisotopic (exact) mass is 442 g/mol. The van der Waals surface area contributed by atoms with Crippen LogP contribution in [0.3, 0.4) is 0 Å². The molecule has 0 saturated carbocycles. The molecule has 0 aliphatic carbocycles. The highest BCUT2D eigenvalue weighted by atomic mass is 79.9. The van der Waals surface area contributed by atoms with Crippen LogP contribution in [0, 0.1) is 0 Å². The van der Waals surface area contributed by atoms with Gasteiger partial charge in [-0.1, -0.05) is 48.6 Å². The number of carbonyl (C=O) groups is 1. The van der Waals surface area contributed by atoms with Crippen molar-refractivity contribution in [2.75, 3.05) is 39.8 Å². The van der Waals surface area contributed by atoms with Crippen LogP contribution in [0.4, 0.5) is 0 Å². The van der Waals surface area contributed by atoms with Crippen LogP contribution in [0.2, 0.25) is 0 Å². The minimum absolute atomic E-state index is 0.242. The third-order valence-corrected chi connectivity index (χ3v) is 5.66. The van der Waals surface area contributed by atoms with Crippen LogP contribution in [0.1, 0.15) is 17.5 Å². The molecule has 1 aliphatic heterocycles. The second kappa shape index (κ2) is 10.4. The van der Waals surface area contributed by atoms with Crippen molar-refractivity contribution in [2.24, 2.45) is 0 Å². The van der Waals surface area contributed by atoms with Crippen LogP contribution in [0.25, 0.3) is 6.08 Å². The van der Waals surface area contributed by atoms with Crippen molar-refractivity contribution in [3.8, 4) is 5.75 Å². The summed E-state index contributed by atoms with van der Waals surface area (Å²) in [6.07, 6.45) is 5.66. The Kier molecular flexibility index (Phi) is 7.69. The Labute approximate surface area is 175 Å². The molecule has 148 valence electrons. The highest BCUT2D eigenvalue weighted by molar-refractivity contribution is 9.10. The lowest BCUT2D eigenvalue weighted by atomic mass is 10.1. The van der Waals surface area contributed by atoms with Gasteiger partial charge in [0.05, 0.1) is 11.6 Å². The average molecular weight is 443 g/mol. The quantitative estimate of drug-likeness (QED) is 0.642. The molecule has 28 heavy (non-hydrogen) atoms. The van der Waals surface area contributed by atoms with Gasteiger partial charge in [0, 0.05) is 39.1 Å². The summed E-state index contributed by atoms with van der Waals surface area (Å²) in [5, 5.41) is 0. The van der Waals surface area contributed by atoms with E-state index in [9.17, 15) is 4.79 Å². The maximum absolute atomic E-state index is 12.5. The smallest absolute Gasteiger partial charge is 0.222 e. The minimum Gasteiger partial charge on any atom is -0.496 e. The van der Waals surface area contributed by atoms with E-state index >= 15 is 0 Å². The lowest BCUT2D eigenvalue weighted by Gasteiger charge is -2.34. The van der Waals surface area contributed by atoms with Crippen LogP contribution in [-0.4, -0.2) is 55.5 Å². The van der Waals surface area contributed by atoms with Crippen molar-refractivity contribution >= 4 is 27.9 Å². The van der Waals surface area contributed by atoms with E-state index < -0.39 is 0 Å². The fourth-order valence-electron chi connectivity index (χ4n) is 3.36. The lowest BCUT2D eigenvalue weighted by molar-refractivity contribution is -0.132. The number of piperazine rings is 1. The third-order valence-electron chi connectivity index (χ3n) is 5.04. The Morgan fingerprint density at radius 3 is 2.54 bits per heavy atom. The molecule has 0 bridgehead atoms. The molecule has 2 aromatic rings. The van der Waals surface area contributed by atoms with Crippen molar-refractivity contribution in [1.82, 2.24) is 9.80 Å². The number of benzene rings is 2. The zero-order chi connectivity index (χ0) is 19.8. The molecular weight excluding hydrogens is 416 g/mol. The normalized spacial score (nSPS) is 15.1. The van der Waals surface area contributed by atoms with Crippen molar-refractivity contribution in [3.63, 3.8) is 0 Å². The first-order valence-electron chi connectivity index (χ1n) is 9.70. The van der Waals surface area contributed by atoms with Crippen LogP contribution in [-0.2, 0) is 11.2 Å². The lowest BCUT2D eigenvalue weighted by Crippen LogP contribution is -2.48. The highest BCUT2D eigenvalue weighted by Crippen LogP contribution is 2.26. The van der Waals surface area contributed by atoms with Crippen molar-refractivity contribution in [1.29, 1.82) is 0 Å². The largest absolute Gasteiger partial charge is 0.496 e. The Bertz CT molecular complexity index is 800. The first-order valence-corrected chi connectivity index (χ1v) is 10.5. The number of ether oxygens (including phenoxy) is 1. The summed E-state index contributed by atoms with van der Waals surface area (Å²) >= 11 is 3.50. The van der Waals surface area contributed by atoms with E-state index in [0.717, 1.165) is 54.9 Å². The second-order valence-electron chi connectivity index (χ2n) is 6.96. The number of hydrogen-bond acceptors (Lipinski definition) is 3. The standard InChI is InChI=1S/C23H27BrN2O2/c1-28-22-11-9-20(18-21(22)24)10-12-23(27)26-16-14-25(15-17-26)13-5-8-19-6-3-2-4-7-19/h2-9,11,18H,10,12-17H2,1H3/b8-5+. The van der Waals surface area contributed by atoms with Crippen LogP contribution < -0.4 is 4.74 Å². The molecule has 0 aromatic heterocycles. The van der Waals surface area contributed by atoms with E-state index in [1.807, 2.05) is 29.2 Å². The van der Waals surface area contributed by atoms with E-state index in [1.165, 1.54) is 5.56 Å². The maximum atomic E-state index is 12.5. The number of aryl methyl sites for hydroxylation is 1. The summed E-state index contributed by atoms with van der Waals surface area (Å²) in [5.41, 5.74) is 2.37. The van der Waals surface area contributed by atoms with Gasteiger partial charge in [-0.15, -0.1) is 0 Å². The first kappa shape index (κ1) is 20.6. The van der Waals surface area contributed by atoms with Gasteiger partial charge >= 0.3 is 0 Å². The Hall–Kier alpha value is -2.11. The van der Waals surface area contributed by atoms with Crippen molar-refractivity contribution in [3.05, 3.63) is 70.2 Å². The van der Waals surface area contributed by atoms with Crippen LogP contribution >= 0.6 is 15.9 Å². The number of carbonyl (C=O) groups excluding carboxylic acids is 1. The van der Waals surface area contributed by atoms with Gasteiger partial charge in [-0.05, 0) is 45.6 Å². The fourth-order valence-corrected chi connectivity index (χ4v) is 3.94. The molecule has 0 atom stereocenters. The van der Waals surface area contributed by atoms with Gasteiger partial charge in [0.1, 0.15) is 5.75 Å². The van der Waals surface area contributed by atoms with E-state index in [4.69, 9.17) is 4.74 Å². The summed E-state index contributed by atoms with van der Waals surface area (Å²) in [6, 6.07) is 16.3. The Morgan fingerprint density at radius 1 is 1.11 bits per heavy atom. The number of amides is 1. The molecule has 0 N–H and O–H groups in total. The van der Waals surface area contributed by atoms with E-state index in [1.54, 1.807) is 7.11 Å². The van der Waals surface area contributed by atoms with E-state index in [2.05, 4.69) is 57.2 Å². The summed E-state index contributed by atoms with van der Waals surface area (Å²) < 4.78 is 6.18. The predicted octanol–water partition coefficient (Wildman–Crippen LogP) is 4.25. The van der Waals surface area contributed by atoms with Crippen molar-refractivity contribution < 1.29 is 9.53 Å². The molecule has 1 amide bonds. The molecule has 0 unspecified atom stereocenters. The van der Waals surface area contributed by atoms with Gasteiger partial charge in [-0.25, -0.2) is 0 Å². The average Bonchev–Trinajstić information content (AvgIpc) is 2.73. The van der Waals surface area contributed by atoms with Gasteiger partial charge in [-0.2, -0.15) is 0 Å². The predicted molar refractivity (Wildman–Crippen MR) is 118 cm³/mol. The summed E-state index contributed by atoms with van der Waals surface area (Å²) in [6.45, 7) is 4.41. The molecule has 0 radical (unpaired) electrons. The Morgan fingerprint density at radius 2 is 1.86 bits per heavy atom. The van der Waals surface area contributed by atoms with E-state index in [0.29, 0.717) is 6.42 Å². The van der Waals surface area contributed by atoms with Gasteiger partial charge in [0.15, 0.2) is 0 Å². The molecule has 3 rings (SSSR count). The molecule has 4 nitrogen and oxygen atoms in total. The number of methoxy groups -OCH3 is 1. The zero-order valence-corrected chi connectivity index (χ0v) is 17.9.